The highest BCUT2D eigenvalue weighted by Crippen LogP contribution is 2.32. The number of hydrogen-bond donors (Lipinski definition) is 2. The van der Waals surface area contributed by atoms with Crippen molar-refractivity contribution in [1.29, 1.82) is 0 Å². The fraction of sp³-hybridized carbons (Fsp3) is 0.214. The Kier molecular flexibility index (Phi) is 4.57. The molecule has 1 heterocycles. The van der Waals surface area contributed by atoms with E-state index >= 15 is 0 Å². The molecule has 106 valence electrons. The third-order valence-electron chi connectivity index (χ3n) is 2.93. The molecule has 0 fully saturated rings. The SMILES string of the molecule is COc1ccc(NC(C)c2cc(Cl)c(N)c(Cl)c2)cn1. The Morgan fingerprint density at radius 1 is 1.25 bits per heavy atom. The molecule has 6 heteroatoms. The average Bonchev–Trinajstić information content (AvgIpc) is 2.45. The van der Waals surface area contributed by atoms with Crippen LogP contribution in [0.5, 0.6) is 5.88 Å². The first-order valence-electron chi connectivity index (χ1n) is 6.02. The number of nitrogen functional groups attached to an aromatic ring is 1. The number of nitrogens with zero attached hydrogens (tertiary/aromatic N) is 1. The molecular formula is C14H15Cl2N3O. The smallest absolute Gasteiger partial charge is 0.213 e. The van der Waals surface area contributed by atoms with Crippen molar-refractivity contribution in [2.24, 2.45) is 0 Å². The molecule has 0 aliphatic rings. The first kappa shape index (κ1) is 14.8. The van der Waals surface area contributed by atoms with Crippen LogP contribution in [-0.2, 0) is 0 Å². The number of hydrogen-bond acceptors (Lipinski definition) is 4. The van der Waals surface area contributed by atoms with Crippen molar-refractivity contribution in [3.8, 4) is 5.88 Å². The van der Waals surface area contributed by atoms with Gasteiger partial charge in [-0.2, -0.15) is 0 Å². The van der Waals surface area contributed by atoms with Crippen molar-refractivity contribution in [2.45, 2.75) is 13.0 Å². The number of ether oxygens (including phenoxy) is 1. The van der Waals surface area contributed by atoms with Crippen LogP contribution in [0.1, 0.15) is 18.5 Å². The highest BCUT2D eigenvalue weighted by molar-refractivity contribution is 6.38. The number of halogens is 2. The van der Waals surface area contributed by atoms with E-state index in [9.17, 15) is 0 Å². The first-order chi connectivity index (χ1) is 9.51. The molecule has 0 radical (unpaired) electrons. The summed E-state index contributed by atoms with van der Waals surface area (Å²) in [5.41, 5.74) is 7.95. The summed E-state index contributed by atoms with van der Waals surface area (Å²) in [7, 11) is 1.58. The van der Waals surface area contributed by atoms with E-state index in [0.717, 1.165) is 11.3 Å². The van der Waals surface area contributed by atoms with Crippen LogP contribution in [0.3, 0.4) is 0 Å². The summed E-state index contributed by atoms with van der Waals surface area (Å²) in [6.45, 7) is 2.00. The molecule has 0 saturated heterocycles. The summed E-state index contributed by atoms with van der Waals surface area (Å²) in [6.07, 6.45) is 1.70. The Labute approximate surface area is 127 Å². The van der Waals surface area contributed by atoms with Gasteiger partial charge in [-0.3, -0.25) is 0 Å². The highest BCUT2D eigenvalue weighted by Gasteiger charge is 2.11. The van der Waals surface area contributed by atoms with E-state index in [-0.39, 0.29) is 6.04 Å². The molecule has 0 saturated carbocycles. The Morgan fingerprint density at radius 2 is 1.90 bits per heavy atom. The lowest BCUT2D eigenvalue weighted by molar-refractivity contribution is 0.398. The lowest BCUT2D eigenvalue weighted by atomic mass is 10.1. The summed E-state index contributed by atoms with van der Waals surface area (Å²) >= 11 is 12.1. The van der Waals surface area contributed by atoms with Crippen LogP contribution in [0.25, 0.3) is 0 Å². The number of nitrogens with one attached hydrogen (secondary N) is 1. The van der Waals surface area contributed by atoms with Crippen LogP contribution >= 0.6 is 23.2 Å². The fourth-order valence-corrected chi connectivity index (χ4v) is 2.28. The molecule has 1 atom stereocenters. The molecule has 1 aromatic carbocycles. The molecule has 0 spiro atoms. The van der Waals surface area contributed by atoms with E-state index < -0.39 is 0 Å². The van der Waals surface area contributed by atoms with Crippen LogP contribution in [0.2, 0.25) is 10.0 Å². The molecule has 2 aromatic rings. The second kappa shape index (κ2) is 6.20. The quantitative estimate of drug-likeness (QED) is 0.833. The van der Waals surface area contributed by atoms with Gasteiger partial charge in [0.15, 0.2) is 0 Å². The predicted molar refractivity (Wildman–Crippen MR) is 83.7 cm³/mol. The van der Waals surface area contributed by atoms with E-state index in [4.69, 9.17) is 33.7 Å². The molecular weight excluding hydrogens is 297 g/mol. The lowest BCUT2D eigenvalue weighted by Gasteiger charge is -2.17. The van der Waals surface area contributed by atoms with Gasteiger partial charge in [-0.25, -0.2) is 4.98 Å². The van der Waals surface area contributed by atoms with Crippen molar-refractivity contribution in [3.63, 3.8) is 0 Å². The van der Waals surface area contributed by atoms with Crippen LogP contribution in [-0.4, -0.2) is 12.1 Å². The van der Waals surface area contributed by atoms with Gasteiger partial charge in [-0.1, -0.05) is 23.2 Å². The van der Waals surface area contributed by atoms with Gasteiger partial charge in [-0.05, 0) is 30.7 Å². The van der Waals surface area contributed by atoms with Crippen molar-refractivity contribution >= 4 is 34.6 Å². The number of anilines is 2. The van der Waals surface area contributed by atoms with Crippen molar-refractivity contribution in [1.82, 2.24) is 4.98 Å². The maximum Gasteiger partial charge on any atom is 0.213 e. The molecule has 2 rings (SSSR count). The molecule has 3 N–H and O–H groups in total. The molecule has 20 heavy (non-hydrogen) atoms. The lowest BCUT2D eigenvalue weighted by Crippen LogP contribution is -2.07. The number of pyridine rings is 1. The summed E-state index contributed by atoms with van der Waals surface area (Å²) in [6, 6.07) is 7.30. The zero-order chi connectivity index (χ0) is 14.7. The Morgan fingerprint density at radius 3 is 2.40 bits per heavy atom. The zero-order valence-electron chi connectivity index (χ0n) is 11.2. The fourth-order valence-electron chi connectivity index (χ4n) is 1.77. The number of nitrogens with two attached hydrogens (primary N) is 1. The monoisotopic (exact) mass is 311 g/mol. The summed E-state index contributed by atoms with van der Waals surface area (Å²) < 4.78 is 5.02. The van der Waals surface area contributed by atoms with Gasteiger partial charge in [0, 0.05) is 12.1 Å². The topological polar surface area (TPSA) is 60.2 Å². The van der Waals surface area contributed by atoms with Gasteiger partial charge >= 0.3 is 0 Å². The van der Waals surface area contributed by atoms with E-state index in [1.165, 1.54) is 0 Å². The summed E-state index contributed by atoms with van der Waals surface area (Å²) in [5.74, 6) is 0.571. The second-order valence-electron chi connectivity index (χ2n) is 4.35. The minimum atomic E-state index is 0.0146. The number of aromatic nitrogens is 1. The van der Waals surface area contributed by atoms with Crippen molar-refractivity contribution in [2.75, 3.05) is 18.2 Å². The third kappa shape index (κ3) is 3.26. The van der Waals surface area contributed by atoms with Gasteiger partial charge in [-0.15, -0.1) is 0 Å². The first-order valence-corrected chi connectivity index (χ1v) is 6.78. The van der Waals surface area contributed by atoms with Crippen molar-refractivity contribution < 1.29 is 4.74 Å². The van der Waals surface area contributed by atoms with Crippen molar-refractivity contribution in [3.05, 3.63) is 46.1 Å². The maximum atomic E-state index is 6.04. The standard InChI is InChI=1S/C14H15Cl2N3O/c1-8(9-5-11(15)14(17)12(16)6-9)19-10-3-4-13(20-2)18-7-10/h3-8,19H,17H2,1-2H3. The largest absolute Gasteiger partial charge is 0.481 e. The van der Waals surface area contributed by atoms with Gasteiger partial charge in [0.2, 0.25) is 5.88 Å². The normalized spacial score (nSPS) is 12.0. The molecule has 0 aliphatic carbocycles. The second-order valence-corrected chi connectivity index (χ2v) is 5.17. The molecule has 0 amide bonds. The number of methoxy groups -OCH3 is 1. The van der Waals surface area contributed by atoms with Gasteiger partial charge in [0.1, 0.15) is 0 Å². The molecule has 0 aliphatic heterocycles. The Bertz CT molecular complexity index is 579. The molecule has 1 aromatic heterocycles. The van der Waals surface area contributed by atoms with Crippen LogP contribution in [0.4, 0.5) is 11.4 Å². The molecule has 0 bridgehead atoms. The molecule has 4 nitrogen and oxygen atoms in total. The molecule has 1 unspecified atom stereocenters. The third-order valence-corrected chi connectivity index (χ3v) is 3.56. The predicted octanol–water partition coefficient (Wildman–Crippen LogP) is 4.15. The van der Waals surface area contributed by atoms with Gasteiger partial charge in [0.05, 0.1) is 34.7 Å². The summed E-state index contributed by atoms with van der Waals surface area (Å²) in [5, 5.41) is 4.21. The van der Waals surface area contributed by atoms with E-state index in [0.29, 0.717) is 21.6 Å². The Balaban J connectivity index is 2.16. The minimum absolute atomic E-state index is 0.0146. The van der Waals surface area contributed by atoms with Gasteiger partial charge < -0.3 is 15.8 Å². The highest BCUT2D eigenvalue weighted by atomic mass is 35.5. The number of benzene rings is 1. The van der Waals surface area contributed by atoms with E-state index in [1.54, 1.807) is 31.5 Å². The van der Waals surface area contributed by atoms with E-state index in [2.05, 4.69) is 10.3 Å². The van der Waals surface area contributed by atoms with Crippen LogP contribution in [0, 0.1) is 0 Å². The van der Waals surface area contributed by atoms with E-state index in [1.807, 2.05) is 13.0 Å². The minimum Gasteiger partial charge on any atom is -0.481 e. The summed E-state index contributed by atoms with van der Waals surface area (Å²) in [4.78, 5) is 4.14. The maximum absolute atomic E-state index is 6.04. The van der Waals surface area contributed by atoms with Crippen LogP contribution in [0.15, 0.2) is 30.5 Å². The van der Waals surface area contributed by atoms with Gasteiger partial charge in [0.25, 0.3) is 0 Å². The average molecular weight is 312 g/mol. The zero-order valence-corrected chi connectivity index (χ0v) is 12.7. The number of rotatable bonds is 4. The van der Waals surface area contributed by atoms with Crippen LogP contribution < -0.4 is 15.8 Å². The Hall–Kier alpha value is -1.65.